The van der Waals surface area contributed by atoms with Crippen LogP contribution >= 0.6 is 0 Å². The second kappa shape index (κ2) is 7.75. The molecule has 0 fully saturated rings. The fraction of sp³-hybridized carbons (Fsp3) is 0.0526. The quantitative estimate of drug-likeness (QED) is 0.698. The molecule has 2 N–H and O–H groups in total. The SMILES string of the molecule is N#Cc1ccc(Nc2ccc(C(=O)Nc3cccc(C(F)(F)F)c3)nn2)cc1. The summed E-state index contributed by atoms with van der Waals surface area (Å²) < 4.78 is 38.2. The van der Waals surface area contributed by atoms with E-state index >= 15 is 0 Å². The molecule has 0 bridgehead atoms. The minimum Gasteiger partial charge on any atom is -0.339 e. The molecule has 6 nitrogen and oxygen atoms in total. The Kier molecular flexibility index (Phi) is 5.22. The van der Waals surface area contributed by atoms with Crippen LogP contribution in [0, 0.1) is 11.3 Å². The number of benzene rings is 2. The van der Waals surface area contributed by atoms with Crippen LogP contribution in [0.15, 0.2) is 60.7 Å². The van der Waals surface area contributed by atoms with Crippen LogP contribution in [0.2, 0.25) is 0 Å². The van der Waals surface area contributed by atoms with Crippen LogP contribution in [0.4, 0.5) is 30.4 Å². The van der Waals surface area contributed by atoms with E-state index in [1.807, 2.05) is 6.07 Å². The van der Waals surface area contributed by atoms with Crippen LogP contribution in [0.25, 0.3) is 0 Å². The average Bonchev–Trinajstić information content (AvgIpc) is 2.69. The van der Waals surface area contributed by atoms with Crippen molar-refractivity contribution in [3.05, 3.63) is 77.5 Å². The third kappa shape index (κ3) is 4.62. The van der Waals surface area contributed by atoms with E-state index in [2.05, 4.69) is 20.8 Å². The van der Waals surface area contributed by atoms with Gasteiger partial charge in [-0.05, 0) is 54.6 Å². The number of nitrogens with one attached hydrogen (secondary N) is 2. The molecule has 1 amide bonds. The van der Waals surface area contributed by atoms with Gasteiger partial charge in [-0.25, -0.2) is 0 Å². The molecular formula is C19H12F3N5O. The molecule has 140 valence electrons. The van der Waals surface area contributed by atoms with Gasteiger partial charge in [0, 0.05) is 11.4 Å². The minimum atomic E-state index is -4.50. The van der Waals surface area contributed by atoms with Crippen molar-refractivity contribution < 1.29 is 18.0 Å². The lowest BCUT2D eigenvalue weighted by molar-refractivity contribution is -0.137. The normalized spacial score (nSPS) is 10.8. The van der Waals surface area contributed by atoms with Crippen molar-refractivity contribution in [3.8, 4) is 6.07 Å². The van der Waals surface area contributed by atoms with E-state index in [0.29, 0.717) is 17.1 Å². The number of amides is 1. The largest absolute Gasteiger partial charge is 0.416 e. The Hall–Kier alpha value is -3.93. The molecule has 0 radical (unpaired) electrons. The first-order valence-electron chi connectivity index (χ1n) is 7.95. The number of rotatable bonds is 4. The first-order chi connectivity index (χ1) is 13.3. The summed E-state index contributed by atoms with van der Waals surface area (Å²) in [7, 11) is 0. The Morgan fingerprint density at radius 2 is 1.71 bits per heavy atom. The number of aromatic nitrogens is 2. The minimum absolute atomic E-state index is 0.00130. The average molecular weight is 383 g/mol. The Bertz CT molecular complexity index is 1030. The van der Waals surface area contributed by atoms with E-state index in [1.54, 1.807) is 24.3 Å². The second-order valence-electron chi connectivity index (χ2n) is 5.65. The molecule has 0 saturated carbocycles. The molecule has 9 heteroatoms. The molecule has 1 heterocycles. The van der Waals surface area contributed by atoms with Crippen LogP contribution in [0.5, 0.6) is 0 Å². The van der Waals surface area contributed by atoms with Gasteiger partial charge in [0.05, 0.1) is 17.2 Å². The van der Waals surface area contributed by atoms with Gasteiger partial charge in [-0.2, -0.15) is 18.4 Å². The van der Waals surface area contributed by atoms with Gasteiger partial charge >= 0.3 is 6.18 Å². The van der Waals surface area contributed by atoms with Crippen LogP contribution in [0.3, 0.4) is 0 Å². The van der Waals surface area contributed by atoms with E-state index < -0.39 is 17.6 Å². The number of nitriles is 1. The van der Waals surface area contributed by atoms with Crippen LogP contribution in [-0.2, 0) is 6.18 Å². The highest BCUT2D eigenvalue weighted by molar-refractivity contribution is 6.02. The van der Waals surface area contributed by atoms with E-state index in [1.165, 1.54) is 24.3 Å². The second-order valence-corrected chi connectivity index (χ2v) is 5.65. The summed E-state index contributed by atoms with van der Waals surface area (Å²) in [5.41, 5.74) is 0.273. The maximum absolute atomic E-state index is 12.7. The predicted molar refractivity (Wildman–Crippen MR) is 95.9 cm³/mol. The number of hydrogen-bond acceptors (Lipinski definition) is 5. The number of carbonyl (C=O) groups is 1. The molecular weight excluding hydrogens is 371 g/mol. The van der Waals surface area contributed by atoms with Crippen molar-refractivity contribution in [2.24, 2.45) is 0 Å². The standard InChI is InChI=1S/C19H12F3N5O/c20-19(21,22)13-2-1-3-15(10-13)25-18(28)16-8-9-17(27-26-16)24-14-6-4-12(11-23)5-7-14/h1-10H,(H,24,27)(H,25,28). The monoisotopic (exact) mass is 383 g/mol. The van der Waals surface area contributed by atoms with E-state index in [-0.39, 0.29) is 11.4 Å². The molecule has 28 heavy (non-hydrogen) atoms. The lowest BCUT2D eigenvalue weighted by Gasteiger charge is -2.10. The molecule has 2 aromatic carbocycles. The van der Waals surface area contributed by atoms with Crippen LogP contribution < -0.4 is 10.6 Å². The lowest BCUT2D eigenvalue weighted by Crippen LogP contribution is -2.15. The maximum Gasteiger partial charge on any atom is 0.416 e. The van der Waals surface area contributed by atoms with Gasteiger partial charge in [0.25, 0.3) is 5.91 Å². The van der Waals surface area contributed by atoms with Gasteiger partial charge in [-0.15, -0.1) is 10.2 Å². The highest BCUT2D eigenvalue weighted by atomic mass is 19.4. The van der Waals surface area contributed by atoms with Gasteiger partial charge in [0.1, 0.15) is 0 Å². The van der Waals surface area contributed by atoms with Crippen molar-refractivity contribution >= 4 is 23.1 Å². The third-order valence-electron chi connectivity index (χ3n) is 3.63. The Labute approximate surface area is 157 Å². The third-order valence-corrected chi connectivity index (χ3v) is 3.63. The van der Waals surface area contributed by atoms with Gasteiger partial charge in [-0.1, -0.05) is 6.07 Å². The molecule has 0 aliphatic rings. The molecule has 0 saturated heterocycles. The highest BCUT2D eigenvalue weighted by Crippen LogP contribution is 2.30. The first-order valence-corrected chi connectivity index (χ1v) is 7.95. The molecule has 0 spiro atoms. The van der Waals surface area contributed by atoms with Crippen molar-refractivity contribution in [2.75, 3.05) is 10.6 Å². The highest BCUT2D eigenvalue weighted by Gasteiger charge is 2.30. The topological polar surface area (TPSA) is 90.7 Å². The summed E-state index contributed by atoms with van der Waals surface area (Å²) in [5.74, 6) is -0.322. The molecule has 0 unspecified atom stereocenters. The van der Waals surface area contributed by atoms with E-state index in [9.17, 15) is 18.0 Å². The fourth-order valence-electron chi connectivity index (χ4n) is 2.26. The summed E-state index contributed by atoms with van der Waals surface area (Å²) >= 11 is 0. The first kappa shape index (κ1) is 18.8. The number of nitrogens with zero attached hydrogens (tertiary/aromatic N) is 3. The summed E-state index contributed by atoms with van der Waals surface area (Å²) in [6.45, 7) is 0. The number of halogens is 3. The Morgan fingerprint density at radius 3 is 2.32 bits per heavy atom. The van der Waals surface area contributed by atoms with Gasteiger partial charge in [0.15, 0.2) is 11.5 Å². The van der Waals surface area contributed by atoms with E-state index in [0.717, 1.165) is 12.1 Å². The molecule has 3 rings (SSSR count). The zero-order chi connectivity index (χ0) is 20.1. The van der Waals surface area contributed by atoms with Crippen molar-refractivity contribution in [1.82, 2.24) is 10.2 Å². The number of alkyl halides is 3. The fourth-order valence-corrected chi connectivity index (χ4v) is 2.26. The summed E-state index contributed by atoms with van der Waals surface area (Å²) in [4.78, 5) is 12.2. The Balaban J connectivity index is 1.67. The lowest BCUT2D eigenvalue weighted by atomic mass is 10.2. The number of hydrogen-bond donors (Lipinski definition) is 2. The van der Waals surface area contributed by atoms with Crippen LogP contribution in [-0.4, -0.2) is 16.1 Å². The zero-order valence-corrected chi connectivity index (χ0v) is 14.2. The number of anilines is 3. The summed E-state index contributed by atoms with van der Waals surface area (Å²) in [6, 6.07) is 15.9. The van der Waals surface area contributed by atoms with Crippen molar-refractivity contribution in [1.29, 1.82) is 5.26 Å². The molecule has 0 aliphatic heterocycles. The molecule has 3 aromatic rings. The smallest absolute Gasteiger partial charge is 0.339 e. The van der Waals surface area contributed by atoms with Crippen molar-refractivity contribution in [2.45, 2.75) is 6.18 Å². The van der Waals surface area contributed by atoms with Crippen LogP contribution in [0.1, 0.15) is 21.6 Å². The van der Waals surface area contributed by atoms with E-state index in [4.69, 9.17) is 5.26 Å². The molecule has 0 atom stereocenters. The Morgan fingerprint density at radius 1 is 0.964 bits per heavy atom. The van der Waals surface area contributed by atoms with Gasteiger partial charge in [-0.3, -0.25) is 4.79 Å². The summed E-state index contributed by atoms with van der Waals surface area (Å²) in [5, 5.41) is 21.7. The predicted octanol–water partition coefficient (Wildman–Crippen LogP) is 4.36. The zero-order valence-electron chi connectivity index (χ0n) is 14.2. The van der Waals surface area contributed by atoms with Gasteiger partial charge < -0.3 is 10.6 Å². The van der Waals surface area contributed by atoms with Gasteiger partial charge in [0.2, 0.25) is 0 Å². The van der Waals surface area contributed by atoms with Crippen molar-refractivity contribution in [3.63, 3.8) is 0 Å². The summed E-state index contributed by atoms with van der Waals surface area (Å²) in [6.07, 6.45) is -4.50. The maximum atomic E-state index is 12.7. The molecule has 0 aliphatic carbocycles. The molecule has 1 aromatic heterocycles. The number of carbonyl (C=O) groups excluding carboxylic acids is 1.